The highest BCUT2D eigenvalue weighted by Gasteiger charge is 2.31. The van der Waals surface area contributed by atoms with Crippen LogP contribution < -0.4 is 9.62 Å². The van der Waals surface area contributed by atoms with Crippen LogP contribution in [0.5, 0.6) is 0 Å². The van der Waals surface area contributed by atoms with E-state index in [1.807, 2.05) is 58.0 Å². The molecule has 1 unspecified atom stereocenters. The molecule has 0 aliphatic carbocycles. The van der Waals surface area contributed by atoms with E-state index in [2.05, 4.69) is 5.32 Å². The van der Waals surface area contributed by atoms with Crippen LogP contribution in [0.3, 0.4) is 0 Å². The van der Waals surface area contributed by atoms with Crippen molar-refractivity contribution in [2.75, 3.05) is 23.7 Å². The van der Waals surface area contributed by atoms with Gasteiger partial charge in [0, 0.05) is 12.6 Å². The summed E-state index contributed by atoms with van der Waals surface area (Å²) in [6, 6.07) is 15.9. The molecule has 2 amide bonds. The number of amides is 2. The fourth-order valence-corrected chi connectivity index (χ4v) is 4.45. The molecule has 8 heteroatoms. The number of carbonyl (C=O) groups excluding carboxylic acids is 2. The topological polar surface area (TPSA) is 86.8 Å². The van der Waals surface area contributed by atoms with Gasteiger partial charge in [-0.1, -0.05) is 55.0 Å². The molecule has 1 atom stereocenters. The maximum atomic E-state index is 13.5. The zero-order valence-electron chi connectivity index (χ0n) is 20.1. The number of hydrogen-bond acceptors (Lipinski definition) is 4. The second-order valence-corrected chi connectivity index (χ2v) is 10.4. The standard InChI is InChI=1S/C25H35N3O4S/c1-6-23(25(30)26-19(2)3)27(17-16-21-10-8-7-9-11-21)24(29)18-28(33(5,31)32)22-14-12-20(4)13-15-22/h7-15,19,23H,6,16-18H2,1-5H3,(H,26,30). The zero-order valence-corrected chi connectivity index (χ0v) is 20.9. The summed E-state index contributed by atoms with van der Waals surface area (Å²) in [5.74, 6) is -0.655. The van der Waals surface area contributed by atoms with Gasteiger partial charge >= 0.3 is 0 Å². The number of nitrogens with one attached hydrogen (secondary N) is 1. The monoisotopic (exact) mass is 473 g/mol. The van der Waals surface area contributed by atoms with Crippen molar-refractivity contribution in [3.05, 3.63) is 65.7 Å². The van der Waals surface area contributed by atoms with Crippen LogP contribution in [0.4, 0.5) is 5.69 Å². The molecule has 0 fully saturated rings. The van der Waals surface area contributed by atoms with Crippen LogP contribution in [0.1, 0.15) is 38.3 Å². The third-order valence-corrected chi connectivity index (χ3v) is 6.44. The predicted octanol–water partition coefficient (Wildman–Crippen LogP) is 3.14. The van der Waals surface area contributed by atoms with Crippen LogP contribution in [0.2, 0.25) is 0 Å². The maximum absolute atomic E-state index is 13.5. The van der Waals surface area contributed by atoms with E-state index in [0.29, 0.717) is 25.1 Å². The van der Waals surface area contributed by atoms with E-state index < -0.39 is 22.0 Å². The van der Waals surface area contributed by atoms with Crippen molar-refractivity contribution in [1.29, 1.82) is 0 Å². The Morgan fingerprint density at radius 3 is 2.12 bits per heavy atom. The summed E-state index contributed by atoms with van der Waals surface area (Å²) in [6.07, 6.45) is 2.06. The molecule has 2 rings (SSSR count). The van der Waals surface area contributed by atoms with Crippen molar-refractivity contribution >= 4 is 27.5 Å². The van der Waals surface area contributed by atoms with Gasteiger partial charge in [-0.25, -0.2) is 8.42 Å². The molecule has 0 heterocycles. The summed E-state index contributed by atoms with van der Waals surface area (Å²) >= 11 is 0. The first-order chi connectivity index (χ1) is 15.5. The van der Waals surface area contributed by atoms with Crippen LogP contribution in [-0.4, -0.2) is 56.6 Å². The lowest BCUT2D eigenvalue weighted by Crippen LogP contribution is -2.54. The van der Waals surface area contributed by atoms with Gasteiger partial charge in [0.1, 0.15) is 12.6 Å². The minimum absolute atomic E-state index is 0.0716. The van der Waals surface area contributed by atoms with Gasteiger partial charge < -0.3 is 10.2 Å². The Labute approximate surface area is 197 Å². The number of nitrogens with zero attached hydrogens (tertiary/aromatic N) is 2. The van der Waals surface area contributed by atoms with Crippen molar-refractivity contribution in [3.63, 3.8) is 0 Å². The summed E-state index contributed by atoms with van der Waals surface area (Å²) in [5, 5.41) is 2.88. The van der Waals surface area contributed by atoms with E-state index >= 15 is 0 Å². The normalized spacial score (nSPS) is 12.3. The van der Waals surface area contributed by atoms with Gasteiger partial charge in [-0.3, -0.25) is 13.9 Å². The Bertz CT molecular complexity index is 1020. The molecule has 0 bridgehead atoms. The van der Waals surface area contributed by atoms with E-state index in [9.17, 15) is 18.0 Å². The van der Waals surface area contributed by atoms with Crippen molar-refractivity contribution in [2.24, 2.45) is 0 Å². The summed E-state index contributed by atoms with van der Waals surface area (Å²) in [5.41, 5.74) is 2.44. The Morgan fingerprint density at radius 2 is 1.61 bits per heavy atom. The third kappa shape index (κ3) is 7.89. The van der Waals surface area contributed by atoms with Crippen molar-refractivity contribution < 1.29 is 18.0 Å². The number of hydrogen-bond donors (Lipinski definition) is 1. The second-order valence-electron chi connectivity index (χ2n) is 8.52. The molecule has 180 valence electrons. The average molecular weight is 474 g/mol. The average Bonchev–Trinajstić information content (AvgIpc) is 2.75. The summed E-state index contributed by atoms with van der Waals surface area (Å²) in [4.78, 5) is 27.9. The number of benzene rings is 2. The van der Waals surface area contributed by atoms with Gasteiger partial charge in [0.25, 0.3) is 0 Å². The fraction of sp³-hybridized carbons (Fsp3) is 0.440. The van der Waals surface area contributed by atoms with Crippen molar-refractivity contribution in [3.8, 4) is 0 Å². The number of carbonyl (C=O) groups is 2. The van der Waals surface area contributed by atoms with Gasteiger partial charge in [0.05, 0.1) is 11.9 Å². The van der Waals surface area contributed by atoms with Crippen molar-refractivity contribution in [1.82, 2.24) is 10.2 Å². The van der Waals surface area contributed by atoms with Crippen LogP contribution in [-0.2, 0) is 26.0 Å². The van der Waals surface area contributed by atoms with Gasteiger partial charge in [-0.2, -0.15) is 0 Å². The van der Waals surface area contributed by atoms with Gasteiger partial charge in [-0.05, 0) is 51.3 Å². The third-order valence-electron chi connectivity index (χ3n) is 5.30. The van der Waals surface area contributed by atoms with E-state index in [-0.39, 0.29) is 18.5 Å². The van der Waals surface area contributed by atoms with Crippen LogP contribution in [0.15, 0.2) is 54.6 Å². The molecule has 2 aromatic rings. The van der Waals surface area contributed by atoms with Gasteiger partial charge in [0.2, 0.25) is 21.8 Å². The van der Waals surface area contributed by atoms with E-state index in [1.54, 1.807) is 24.3 Å². The van der Waals surface area contributed by atoms with Crippen LogP contribution in [0.25, 0.3) is 0 Å². The minimum atomic E-state index is -3.71. The number of anilines is 1. The lowest BCUT2D eigenvalue weighted by molar-refractivity contribution is -0.139. The van der Waals surface area contributed by atoms with Crippen LogP contribution in [0, 0.1) is 6.92 Å². The highest BCUT2D eigenvalue weighted by atomic mass is 32.2. The van der Waals surface area contributed by atoms with E-state index in [1.165, 1.54) is 4.90 Å². The summed E-state index contributed by atoms with van der Waals surface area (Å²) in [7, 11) is -3.71. The van der Waals surface area contributed by atoms with Gasteiger partial charge in [-0.15, -0.1) is 0 Å². The molecule has 0 spiro atoms. The molecule has 0 saturated heterocycles. The number of sulfonamides is 1. The molecule has 1 N–H and O–H groups in total. The lowest BCUT2D eigenvalue weighted by Gasteiger charge is -2.33. The molecule has 0 aliphatic heterocycles. The molecule has 0 radical (unpaired) electrons. The highest BCUT2D eigenvalue weighted by molar-refractivity contribution is 7.92. The van der Waals surface area contributed by atoms with Gasteiger partial charge in [0.15, 0.2) is 0 Å². The summed E-state index contributed by atoms with van der Waals surface area (Å²) < 4.78 is 26.2. The minimum Gasteiger partial charge on any atom is -0.352 e. The largest absolute Gasteiger partial charge is 0.352 e. The van der Waals surface area contributed by atoms with E-state index in [4.69, 9.17) is 0 Å². The second kappa shape index (κ2) is 11.8. The Kier molecular flexibility index (Phi) is 9.46. The molecule has 7 nitrogen and oxygen atoms in total. The lowest BCUT2D eigenvalue weighted by atomic mass is 10.1. The fourth-order valence-electron chi connectivity index (χ4n) is 3.60. The van der Waals surface area contributed by atoms with E-state index in [0.717, 1.165) is 21.7 Å². The Hall–Kier alpha value is -2.87. The molecule has 2 aromatic carbocycles. The first-order valence-corrected chi connectivity index (χ1v) is 13.1. The number of rotatable bonds is 11. The summed E-state index contributed by atoms with van der Waals surface area (Å²) in [6.45, 7) is 7.42. The first-order valence-electron chi connectivity index (χ1n) is 11.2. The molecular formula is C25H35N3O4S. The maximum Gasteiger partial charge on any atom is 0.244 e. The molecule has 0 saturated carbocycles. The van der Waals surface area contributed by atoms with Crippen LogP contribution >= 0.6 is 0 Å². The Morgan fingerprint density at radius 1 is 1.00 bits per heavy atom. The first kappa shape index (κ1) is 26.4. The highest BCUT2D eigenvalue weighted by Crippen LogP contribution is 2.19. The number of aryl methyl sites for hydroxylation is 1. The predicted molar refractivity (Wildman–Crippen MR) is 133 cm³/mol. The molecule has 0 aromatic heterocycles. The smallest absolute Gasteiger partial charge is 0.244 e. The quantitative estimate of drug-likeness (QED) is 0.543. The molecular weight excluding hydrogens is 438 g/mol. The Balaban J connectivity index is 2.34. The molecule has 33 heavy (non-hydrogen) atoms. The zero-order chi connectivity index (χ0) is 24.6. The SMILES string of the molecule is CCC(C(=O)NC(C)C)N(CCc1ccccc1)C(=O)CN(c1ccc(C)cc1)S(C)(=O)=O. The van der Waals surface area contributed by atoms with Crippen molar-refractivity contribution in [2.45, 2.75) is 52.6 Å². The molecule has 0 aliphatic rings.